The molecule has 0 unspecified atom stereocenters. The fourth-order valence-electron chi connectivity index (χ4n) is 2.04. The minimum atomic E-state index is 0. The Morgan fingerprint density at radius 1 is 1.32 bits per heavy atom. The van der Waals surface area contributed by atoms with Gasteiger partial charge >= 0.3 is 0 Å². The Balaban J connectivity index is 0.00000242. The van der Waals surface area contributed by atoms with Crippen LogP contribution in [0.25, 0.3) is 0 Å². The second-order valence-corrected chi connectivity index (χ2v) is 5.99. The summed E-state index contributed by atoms with van der Waals surface area (Å²) >= 11 is 1.96. The topological polar surface area (TPSA) is 60.1 Å². The molecule has 1 aromatic carbocycles. The van der Waals surface area contributed by atoms with Gasteiger partial charge in [-0.15, -0.1) is 24.0 Å². The Morgan fingerprint density at radius 3 is 2.82 bits per heavy atom. The van der Waals surface area contributed by atoms with Crippen molar-refractivity contribution in [3.8, 4) is 5.75 Å². The lowest BCUT2D eigenvalue weighted by atomic mass is 10.2. The average molecular weight is 437 g/mol. The van der Waals surface area contributed by atoms with E-state index in [0.29, 0.717) is 25.7 Å². The van der Waals surface area contributed by atoms with Crippen LogP contribution in [-0.4, -0.2) is 55.8 Å². The first-order valence-corrected chi connectivity index (χ1v) is 8.28. The molecule has 1 saturated heterocycles. The highest BCUT2D eigenvalue weighted by Crippen LogP contribution is 2.14. The van der Waals surface area contributed by atoms with Crippen LogP contribution in [0.4, 0.5) is 0 Å². The second-order valence-electron chi connectivity index (χ2n) is 4.76. The normalized spacial score (nSPS) is 15.3. The van der Waals surface area contributed by atoms with Crippen molar-refractivity contribution in [3.63, 3.8) is 0 Å². The van der Waals surface area contributed by atoms with Gasteiger partial charge in [0, 0.05) is 31.7 Å². The molecule has 1 fully saturated rings. The van der Waals surface area contributed by atoms with Gasteiger partial charge in [-0.25, -0.2) is 4.99 Å². The summed E-state index contributed by atoms with van der Waals surface area (Å²) in [6.07, 6.45) is 0. The third kappa shape index (κ3) is 6.62. The van der Waals surface area contributed by atoms with E-state index in [1.807, 2.05) is 36.0 Å². The molecule has 1 aromatic rings. The van der Waals surface area contributed by atoms with Crippen molar-refractivity contribution in [2.24, 2.45) is 10.7 Å². The lowest BCUT2D eigenvalue weighted by Gasteiger charge is -2.27. The van der Waals surface area contributed by atoms with Gasteiger partial charge in [0.15, 0.2) is 5.96 Å². The molecule has 2 rings (SSSR count). The van der Waals surface area contributed by atoms with Crippen LogP contribution in [-0.2, 0) is 11.3 Å². The molecule has 1 aliphatic rings. The first kappa shape index (κ1) is 19.4. The van der Waals surface area contributed by atoms with E-state index in [0.717, 1.165) is 35.9 Å². The number of nitrogens with zero attached hydrogens (tertiary/aromatic N) is 2. The van der Waals surface area contributed by atoms with Crippen molar-refractivity contribution in [2.45, 2.75) is 6.54 Å². The highest BCUT2D eigenvalue weighted by molar-refractivity contribution is 14.0. The molecule has 1 heterocycles. The summed E-state index contributed by atoms with van der Waals surface area (Å²) in [7, 11) is 1.66. The number of rotatable bonds is 6. The monoisotopic (exact) mass is 437 g/mol. The number of hydrogen-bond acceptors (Lipinski definition) is 4. The highest BCUT2D eigenvalue weighted by atomic mass is 127. The van der Waals surface area contributed by atoms with E-state index in [1.165, 1.54) is 0 Å². The fraction of sp³-hybridized carbons (Fsp3) is 0.533. The molecular weight excluding hydrogens is 413 g/mol. The molecule has 0 amide bonds. The van der Waals surface area contributed by atoms with Gasteiger partial charge in [0.2, 0.25) is 0 Å². The van der Waals surface area contributed by atoms with Gasteiger partial charge in [0.25, 0.3) is 0 Å². The van der Waals surface area contributed by atoms with E-state index in [4.69, 9.17) is 15.2 Å². The molecule has 0 aliphatic carbocycles. The lowest BCUT2D eigenvalue weighted by Crippen LogP contribution is -2.42. The van der Waals surface area contributed by atoms with Crippen LogP contribution in [0, 0.1) is 0 Å². The van der Waals surface area contributed by atoms with Crippen molar-refractivity contribution in [1.82, 2.24) is 4.90 Å². The molecule has 22 heavy (non-hydrogen) atoms. The number of ether oxygens (including phenoxy) is 2. The number of guanidine groups is 1. The zero-order valence-corrected chi connectivity index (χ0v) is 16.0. The van der Waals surface area contributed by atoms with E-state index >= 15 is 0 Å². The van der Waals surface area contributed by atoms with E-state index in [2.05, 4.69) is 9.89 Å². The largest absolute Gasteiger partial charge is 0.491 e. The number of halogens is 1. The predicted octanol–water partition coefficient (Wildman–Crippen LogP) is 2.19. The molecule has 0 radical (unpaired) electrons. The Bertz CT molecular complexity index is 468. The number of thioether (sulfide) groups is 1. The maximum Gasteiger partial charge on any atom is 0.191 e. The fourth-order valence-corrected chi connectivity index (χ4v) is 2.94. The molecule has 124 valence electrons. The van der Waals surface area contributed by atoms with Gasteiger partial charge in [-0.2, -0.15) is 11.8 Å². The minimum Gasteiger partial charge on any atom is -0.491 e. The number of aliphatic imine (C=N–C) groups is 1. The van der Waals surface area contributed by atoms with Crippen molar-refractivity contribution in [3.05, 3.63) is 29.8 Å². The van der Waals surface area contributed by atoms with Gasteiger partial charge in [0.05, 0.1) is 13.2 Å². The van der Waals surface area contributed by atoms with Crippen LogP contribution in [0.2, 0.25) is 0 Å². The summed E-state index contributed by atoms with van der Waals surface area (Å²) < 4.78 is 10.6. The molecule has 0 saturated carbocycles. The molecular formula is C15H24IN3O2S. The molecule has 5 nitrogen and oxygen atoms in total. The highest BCUT2D eigenvalue weighted by Gasteiger charge is 2.11. The quantitative estimate of drug-likeness (QED) is 0.320. The summed E-state index contributed by atoms with van der Waals surface area (Å²) in [5, 5.41) is 0. The number of hydrogen-bond donors (Lipinski definition) is 1. The molecule has 0 spiro atoms. The smallest absolute Gasteiger partial charge is 0.191 e. The Morgan fingerprint density at radius 2 is 2.09 bits per heavy atom. The van der Waals surface area contributed by atoms with Gasteiger partial charge in [-0.3, -0.25) is 0 Å². The maximum absolute atomic E-state index is 6.05. The van der Waals surface area contributed by atoms with E-state index in [9.17, 15) is 0 Å². The number of nitrogens with two attached hydrogens (primary N) is 1. The van der Waals surface area contributed by atoms with Gasteiger partial charge in [-0.1, -0.05) is 12.1 Å². The van der Waals surface area contributed by atoms with E-state index in [1.54, 1.807) is 7.11 Å². The van der Waals surface area contributed by atoms with Crippen LogP contribution < -0.4 is 10.5 Å². The molecule has 1 aliphatic heterocycles. The summed E-state index contributed by atoms with van der Waals surface area (Å²) in [6.45, 7) is 3.69. The molecule has 0 aromatic heterocycles. The second kappa shape index (κ2) is 11.0. The Kier molecular flexibility index (Phi) is 9.65. The van der Waals surface area contributed by atoms with Gasteiger partial charge in [-0.05, 0) is 17.7 Å². The summed E-state index contributed by atoms with van der Waals surface area (Å²) in [6, 6.07) is 7.94. The van der Waals surface area contributed by atoms with Gasteiger partial charge < -0.3 is 20.1 Å². The molecule has 7 heteroatoms. The molecule has 0 atom stereocenters. The summed E-state index contributed by atoms with van der Waals surface area (Å²) in [4.78, 5) is 6.63. The summed E-state index contributed by atoms with van der Waals surface area (Å²) in [5.41, 5.74) is 7.15. The number of benzene rings is 1. The van der Waals surface area contributed by atoms with Crippen LogP contribution in [0.5, 0.6) is 5.75 Å². The minimum absolute atomic E-state index is 0. The zero-order valence-electron chi connectivity index (χ0n) is 12.9. The average Bonchev–Trinajstić information content (AvgIpc) is 2.54. The Labute approximate surface area is 153 Å². The molecule has 2 N–H and O–H groups in total. The third-order valence-corrected chi connectivity index (χ3v) is 4.16. The van der Waals surface area contributed by atoms with Crippen LogP contribution >= 0.6 is 35.7 Å². The predicted molar refractivity (Wildman–Crippen MR) is 103 cm³/mol. The lowest BCUT2D eigenvalue weighted by molar-refractivity contribution is 0.146. The van der Waals surface area contributed by atoms with Crippen molar-refractivity contribution >= 4 is 41.7 Å². The van der Waals surface area contributed by atoms with Crippen LogP contribution in [0.15, 0.2) is 29.3 Å². The van der Waals surface area contributed by atoms with Crippen molar-refractivity contribution in [2.75, 3.05) is 44.9 Å². The SMILES string of the molecule is COCCOc1cccc(CN=C(N)N2CCSCC2)c1.I. The van der Waals surface area contributed by atoms with E-state index in [-0.39, 0.29) is 24.0 Å². The van der Waals surface area contributed by atoms with Crippen LogP contribution in [0.3, 0.4) is 0 Å². The van der Waals surface area contributed by atoms with Crippen molar-refractivity contribution in [1.29, 1.82) is 0 Å². The zero-order chi connectivity index (χ0) is 14.9. The van der Waals surface area contributed by atoms with Crippen molar-refractivity contribution < 1.29 is 9.47 Å². The third-order valence-electron chi connectivity index (χ3n) is 3.21. The van der Waals surface area contributed by atoms with Crippen LogP contribution in [0.1, 0.15) is 5.56 Å². The Hall–Kier alpha value is -0.670. The first-order valence-electron chi connectivity index (χ1n) is 7.13. The van der Waals surface area contributed by atoms with E-state index < -0.39 is 0 Å². The summed E-state index contributed by atoms with van der Waals surface area (Å²) in [5.74, 6) is 3.73. The van der Waals surface area contributed by atoms with Gasteiger partial charge in [0.1, 0.15) is 12.4 Å². The maximum atomic E-state index is 6.05. The first-order chi connectivity index (χ1) is 10.3. The standard InChI is InChI=1S/C15H23N3O2S.HI/c1-19-7-8-20-14-4-2-3-13(11-14)12-17-15(16)18-5-9-21-10-6-18;/h2-4,11H,5-10,12H2,1H3,(H2,16,17);1H. The number of methoxy groups -OCH3 is 1. The molecule has 0 bridgehead atoms.